The van der Waals surface area contributed by atoms with E-state index in [1.807, 2.05) is 67.6 Å². The molecule has 1 aromatic heterocycles. The highest BCUT2D eigenvalue weighted by Gasteiger charge is 2.48. The molecule has 1 atom stereocenters. The molecule has 0 bridgehead atoms. The first-order valence-corrected chi connectivity index (χ1v) is 11.2. The number of aromatic nitrogens is 1. The second kappa shape index (κ2) is 8.87. The van der Waals surface area contributed by atoms with Crippen LogP contribution in [0.15, 0.2) is 71.5 Å². The molecule has 1 amide bonds. The van der Waals surface area contributed by atoms with Crippen molar-refractivity contribution in [3.8, 4) is 11.1 Å². The summed E-state index contributed by atoms with van der Waals surface area (Å²) < 4.78 is 5.91. The van der Waals surface area contributed by atoms with Gasteiger partial charge in [0.15, 0.2) is 5.60 Å². The van der Waals surface area contributed by atoms with Crippen molar-refractivity contribution in [2.24, 2.45) is 0 Å². The van der Waals surface area contributed by atoms with E-state index in [1.54, 1.807) is 24.8 Å². The lowest BCUT2D eigenvalue weighted by Crippen LogP contribution is -2.39. The number of aliphatic hydroxyl groups is 1. The third-order valence-corrected chi connectivity index (χ3v) is 5.94. The molecule has 1 saturated heterocycles. The van der Waals surface area contributed by atoms with Crippen LogP contribution in [0.1, 0.15) is 37.1 Å². The number of aryl methyl sites for hydroxylation is 1. The van der Waals surface area contributed by atoms with E-state index in [0.29, 0.717) is 25.9 Å². The van der Waals surface area contributed by atoms with E-state index >= 15 is 0 Å². The molecule has 33 heavy (non-hydrogen) atoms. The predicted molar refractivity (Wildman–Crippen MR) is 128 cm³/mol. The minimum Gasteiger partial charge on any atom is -0.436 e. The maximum Gasteiger partial charge on any atom is 0.410 e. The Hall–Kier alpha value is -3.38. The molecule has 2 heterocycles. The van der Waals surface area contributed by atoms with Gasteiger partial charge in [-0.1, -0.05) is 54.6 Å². The van der Waals surface area contributed by atoms with Crippen molar-refractivity contribution in [1.29, 1.82) is 0 Å². The van der Waals surface area contributed by atoms with Crippen molar-refractivity contribution in [2.75, 3.05) is 13.1 Å². The SMILES string of the molecule is Cc1cc(-c2ccc(CCN3C[C@](CC(C)(C)O)(c4ccccc4)OC3=O)cc2)cc(=O)[nH]1. The monoisotopic (exact) mass is 446 g/mol. The van der Waals surface area contributed by atoms with E-state index in [9.17, 15) is 14.7 Å². The number of carbonyl (C=O) groups is 1. The van der Waals surface area contributed by atoms with Crippen molar-refractivity contribution in [1.82, 2.24) is 9.88 Å². The molecule has 0 spiro atoms. The minimum atomic E-state index is -0.987. The average Bonchev–Trinajstić information content (AvgIpc) is 3.07. The smallest absolute Gasteiger partial charge is 0.410 e. The van der Waals surface area contributed by atoms with Crippen LogP contribution in [0.5, 0.6) is 0 Å². The average molecular weight is 447 g/mol. The Morgan fingerprint density at radius 2 is 1.73 bits per heavy atom. The number of hydrogen-bond acceptors (Lipinski definition) is 4. The second-order valence-corrected chi connectivity index (χ2v) is 9.50. The Morgan fingerprint density at radius 3 is 2.36 bits per heavy atom. The van der Waals surface area contributed by atoms with Gasteiger partial charge < -0.3 is 19.7 Å². The molecule has 172 valence electrons. The fraction of sp³-hybridized carbons (Fsp3) is 0.333. The summed E-state index contributed by atoms with van der Waals surface area (Å²) in [5, 5.41) is 10.5. The highest BCUT2D eigenvalue weighted by Crippen LogP contribution is 2.40. The van der Waals surface area contributed by atoms with Gasteiger partial charge in [0, 0.05) is 24.7 Å². The molecule has 0 unspecified atom stereocenters. The number of hydrogen-bond donors (Lipinski definition) is 2. The van der Waals surface area contributed by atoms with Crippen molar-refractivity contribution in [3.05, 3.63) is 93.9 Å². The van der Waals surface area contributed by atoms with E-state index in [0.717, 1.165) is 27.9 Å². The summed E-state index contributed by atoms with van der Waals surface area (Å²) in [4.78, 5) is 29.0. The Morgan fingerprint density at radius 1 is 1.03 bits per heavy atom. The summed E-state index contributed by atoms with van der Waals surface area (Å²) >= 11 is 0. The van der Waals surface area contributed by atoms with Crippen LogP contribution in [-0.4, -0.2) is 39.8 Å². The third kappa shape index (κ3) is 5.34. The van der Waals surface area contributed by atoms with Crippen LogP contribution in [0.25, 0.3) is 11.1 Å². The predicted octanol–water partition coefficient (Wildman–Crippen LogP) is 4.40. The summed E-state index contributed by atoms with van der Waals surface area (Å²) in [5.41, 5.74) is 2.68. The van der Waals surface area contributed by atoms with E-state index in [2.05, 4.69) is 4.98 Å². The molecule has 3 aromatic rings. The molecule has 6 nitrogen and oxygen atoms in total. The summed E-state index contributed by atoms with van der Waals surface area (Å²) in [5.74, 6) is 0. The van der Waals surface area contributed by atoms with Gasteiger partial charge in [0.2, 0.25) is 5.56 Å². The number of amides is 1. The Bertz CT molecular complexity index is 1180. The van der Waals surface area contributed by atoms with Gasteiger partial charge in [0.1, 0.15) is 0 Å². The zero-order valence-corrected chi connectivity index (χ0v) is 19.3. The first-order valence-electron chi connectivity index (χ1n) is 11.2. The quantitative estimate of drug-likeness (QED) is 0.564. The van der Waals surface area contributed by atoms with Gasteiger partial charge in [0.25, 0.3) is 0 Å². The van der Waals surface area contributed by atoms with Crippen LogP contribution in [-0.2, 0) is 16.8 Å². The van der Waals surface area contributed by atoms with Gasteiger partial charge in [-0.25, -0.2) is 4.79 Å². The number of ether oxygens (including phenoxy) is 1. The maximum absolute atomic E-state index is 12.8. The fourth-order valence-electron chi connectivity index (χ4n) is 4.57. The molecule has 0 saturated carbocycles. The number of aromatic amines is 1. The highest BCUT2D eigenvalue weighted by molar-refractivity contribution is 5.71. The first-order chi connectivity index (χ1) is 15.6. The number of rotatable bonds is 7. The number of H-pyrrole nitrogens is 1. The summed E-state index contributed by atoms with van der Waals surface area (Å²) in [6.45, 7) is 6.24. The summed E-state index contributed by atoms with van der Waals surface area (Å²) in [6, 6.07) is 21.2. The van der Waals surface area contributed by atoms with Crippen LogP contribution in [0.3, 0.4) is 0 Å². The van der Waals surface area contributed by atoms with E-state index in [-0.39, 0.29) is 11.7 Å². The van der Waals surface area contributed by atoms with Gasteiger partial charge in [-0.2, -0.15) is 0 Å². The largest absolute Gasteiger partial charge is 0.436 e. The van der Waals surface area contributed by atoms with Crippen molar-refractivity contribution < 1.29 is 14.6 Å². The van der Waals surface area contributed by atoms with E-state index < -0.39 is 11.2 Å². The zero-order chi connectivity index (χ0) is 23.6. The Labute approximate surface area is 193 Å². The van der Waals surface area contributed by atoms with Gasteiger partial charge in [0.05, 0.1) is 12.1 Å². The van der Waals surface area contributed by atoms with Crippen molar-refractivity contribution >= 4 is 6.09 Å². The molecular weight excluding hydrogens is 416 g/mol. The highest BCUT2D eigenvalue weighted by atomic mass is 16.6. The Kier molecular flexibility index (Phi) is 6.13. The van der Waals surface area contributed by atoms with Crippen molar-refractivity contribution in [3.63, 3.8) is 0 Å². The lowest BCUT2D eigenvalue weighted by molar-refractivity contribution is -0.0326. The first kappa shape index (κ1) is 22.8. The van der Waals surface area contributed by atoms with Crippen LogP contribution >= 0.6 is 0 Å². The normalized spacial score (nSPS) is 18.4. The summed E-state index contributed by atoms with van der Waals surface area (Å²) in [7, 11) is 0. The molecule has 1 aliphatic heterocycles. The molecule has 2 aromatic carbocycles. The summed E-state index contributed by atoms with van der Waals surface area (Å²) in [6.07, 6.45) is 0.631. The second-order valence-electron chi connectivity index (χ2n) is 9.50. The van der Waals surface area contributed by atoms with Gasteiger partial charge >= 0.3 is 6.09 Å². The number of cyclic esters (lactones) is 1. The maximum atomic E-state index is 12.8. The lowest BCUT2D eigenvalue weighted by Gasteiger charge is -2.33. The van der Waals surface area contributed by atoms with Crippen LogP contribution < -0.4 is 5.56 Å². The molecule has 4 rings (SSSR count). The molecule has 2 N–H and O–H groups in total. The molecule has 6 heteroatoms. The zero-order valence-electron chi connectivity index (χ0n) is 19.3. The number of pyridine rings is 1. The van der Waals surface area contributed by atoms with Gasteiger partial charge in [-0.15, -0.1) is 0 Å². The van der Waals surface area contributed by atoms with Gasteiger partial charge in [-0.05, 0) is 55.5 Å². The van der Waals surface area contributed by atoms with E-state index in [4.69, 9.17) is 4.74 Å². The van der Waals surface area contributed by atoms with Crippen LogP contribution in [0.2, 0.25) is 0 Å². The third-order valence-electron chi connectivity index (χ3n) is 5.94. The van der Waals surface area contributed by atoms with Crippen molar-refractivity contribution in [2.45, 2.75) is 44.8 Å². The number of carbonyl (C=O) groups excluding carboxylic acids is 1. The molecular formula is C27H30N2O4. The Balaban J connectivity index is 1.47. The molecule has 0 aliphatic carbocycles. The van der Waals surface area contributed by atoms with Gasteiger partial charge in [-0.3, -0.25) is 4.79 Å². The minimum absolute atomic E-state index is 0.116. The number of nitrogens with one attached hydrogen (secondary N) is 1. The topological polar surface area (TPSA) is 82.6 Å². The molecule has 0 radical (unpaired) electrons. The van der Waals surface area contributed by atoms with Crippen LogP contribution in [0, 0.1) is 6.92 Å². The fourth-order valence-corrected chi connectivity index (χ4v) is 4.57. The lowest BCUT2D eigenvalue weighted by atomic mass is 9.83. The molecule has 1 fully saturated rings. The number of benzene rings is 2. The van der Waals surface area contributed by atoms with Crippen LogP contribution in [0.4, 0.5) is 4.79 Å². The van der Waals surface area contributed by atoms with E-state index in [1.165, 1.54) is 0 Å². The number of nitrogens with zero attached hydrogens (tertiary/aromatic N) is 1. The standard InChI is InChI=1S/C27H30N2O4/c1-19-15-22(16-24(30)28-19)21-11-9-20(10-12-21)13-14-29-18-27(33-25(29)31,17-26(2,3)32)23-7-5-4-6-8-23/h4-12,15-16,32H,13-14,17-18H2,1-3H3,(H,28,30)/t27-/m1/s1. The molecule has 1 aliphatic rings.